The summed E-state index contributed by atoms with van der Waals surface area (Å²) in [6.45, 7) is -0.157. The van der Waals surface area contributed by atoms with Crippen LogP contribution in [0.4, 0.5) is 5.69 Å². The summed E-state index contributed by atoms with van der Waals surface area (Å²) in [5.74, 6) is -1.50. The van der Waals surface area contributed by atoms with Crippen molar-refractivity contribution in [1.29, 1.82) is 0 Å². The van der Waals surface area contributed by atoms with Crippen molar-refractivity contribution in [2.75, 3.05) is 17.6 Å². The Kier molecular flexibility index (Phi) is 7.26. The third-order valence-corrected chi connectivity index (χ3v) is 5.70. The normalized spacial score (nSPS) is 11.9. The number of esters is 1. The van der Waals surface area contributed by atoms with Crippen LogP contribution in [0.1, 0.15) is 15.9 Å². The highest BCUT2D eigenvalue weighted by molar-refractivity contribution is 7.92. The van der Waals surface area contributed by atoms with E-state index in [2.05, 4.69) is 9.71 Å². The van der Waals surface area contributed by atoms with Crippen molar-refractivity contribution in [3.63, 3.8) is 0 Å². The molecule has 0 bridgehead atoms. The molecule has 3 aromatic rings. The van der Waals surface area contributed by atoms with Crippen LogP contribution in [0.2, 0.25) is 5.02 Å². The average Bonchev–Trinajstić information content (AvgIpc) is 3.13. The van der Waals surface area contributed by atoms with Gasteiger partial charge >= 0.3 is 5.97 Å². The number of halogens is 1. The van der Waals surface area contributed by atoms with E-state index in [1.54, 1.807) is 34.3 Å². The summed E-state index contributed by atoms with van der Waals surface area (Å²) >= 11 is 7.44. The smallest absolute Gasteiger partial charge is 0.340 e. The molecule has 31 heavy (non-hydrogen) atoms. The Bertz CT molecular complexity index is 1280. The summed E-state index contributed by atoms with van der Waals surface area (Å²) in [7, 11) is -3.59. The second kappa shape index (κ2) is 9.90. The molecule has 0 radical (unpaired) electrons. The number of nitrogens with one attached hydrogen (secondary N) is 1. The minimum Gasteiger partial charge on any atom is -0.452 e. The minimum absolute atomic E-state index is 0.00867. The molecule has 0 saturated heterocycles. The lowest BCUT2D eigenvalue weighted by molar-refractivity contribution is -0.121. The van der Waals surface area contributed by atoms with E-state index < -0.39 is 28.5 Å². The van der Waals surface area contributed by atoms with Gasteiger partial charge in [-0.1, -0.05) is 41.9 Å². The first kappa shape index (κ1) is 22.7. The molecule has 1 N–H and O–H groups in total. The highest BCUT2D eigenvalue weighted by atomic mass is 35.5. The molecule has 0 saturated carbocycles. The van der Waals surface area contributed by atoms with Crippen LogP contribution in [-0.2, 0) is 26.1 Å². The molecule has 1 amide bonds. The fourth-order valence-corrected chi connectivity index (χ4v) is 4.13. The van der Waals surface area contributed by atoms with Gasteiger partial charge in [-0.05, 0) is 23.8 Å². The lowest BCUT2D eigenvalue weighted by Gasteiger charge is -2.09. The Hall–Kier alpha value is -2.95. The van der Waals surface area contributed by atoms with Crippen molar-refractivity contribution in [2.24, 2.45) is 4.99 Å². The standard InChI is InChI=1S/C20H18ClN3O5S2/c1-31(27,28)23-17-9-5-3-7-15(17)19(26)29-13-18(25)22-20-24(10-11-30-20)12-14-6-2-4-8-16(14)21/h2-11,23H,12-13H2,1H3. The zero-order chi connectivity index (χ0) is 22.4. The molecule has 1 heterocycles. The number of rotatable bonds is 7. The van der Waals surface area contributed by atoms with E-state index in [0.717, 1.165) is 11.8 Å². The number of sulfonamides is 1. The Balaban J connectivity index is 1.69. The molecule has 8 nitrogen and oxygen atoms in total. The van der Waals surface area contributed by atoms with Gasteiger partial charge in [-0.25, -0.2) is 13.2 Å². The zero-order valence-corrected chi connectivity index (χ0v) is 18.7. The van der Waals surface area contributed by atoms with Crippen molar-refractivity contribution < 1.29 is 22.7 Å². The number of para-hydroxylation sites is 1. The van der Waals surface area contributed by atoms with Gasteiger partial charge in [-0.15, -0.1) is 11.3 Å². The molecule has 3 rings (SSSR count). The zero-order valence-electron chi connectivity index (χ0n) is 16.3. The Labute approximate surface area is 187 Å². The third kappa shape index (κ3) is 6.51. The number of carbonyl (C=O) groups excluding carboxylic acids is 2. The number of nitrogens with zero attached hydrogens (tertiary/aromatic N) is 2. The molecule has 162 valence electrons. The second-order valence-corrected chi connectivity index (χ2v) is 9.44. The van der Waals surface area contributed by atoms with E-state index in [4.69, 9.17) is 16.3 Å². The van der Waals surface area contributed by atoms with Crippen LogP contribution in [0.3, 0.4) is 0 Å². The van der Waals surface area contributed by atoms with Gasteiger partial charge in [0.25, 0.3) is 5.91 Å². The number of aromatic nitrogens is 1. The molecule has 0 spiro atoms. The first-order valence-corrected chi connectivity index (χ1v) is 12.1. The Morgan fingerprint density at radius 3 is 2.61 bits per heavy atom. The number of anilines is 1. The van der Waals surface area contributed by atoms with Crippen molar-refractivity contribution in [1.82, 2.24) is 4.57 Å². The summed E-state index contributed by atoms with van der Waals surface area (Å²) in [6, 6.07) is 13.3. The van der Waals surface area contributed by atoms with E-state index in [0.29, 0.717) is 16.4 Å². The molecule has 0 fully saturated rings. The van der Waals surface area contributed by atoms with Crippen LogP contribution in [0.25, 0.3) is 0 Å². The molecule has 11 heteroatoms. The van der Waals surface area contributed by atoms with Gasteiger partial charge in [-0.3, -0.25) is 9.52 Å². The Morgan fingerprint density at radius 1 is 1.16 bits per heavy atom. The predicted octanol–water partition coefficient (Wildman–Crippen LogP) is 2.91. The SMILES string of the molecule is CS(=O)(=O)Nc1ccccc1C(=O)OCC(=O)N=c1sccn1Cc1ccccc1Cl. The van der Waals surface area contributed by atoms with E-state index in [1.807, 2.05) is 18.2 Å². The lowest BCUT2D eigenvalue weighted by atomic mass is 10.2. The second-order valence-electron chi connectivity index (χ2n) is 6.41. The van der Waals surface area contributed by atoms with E-state index in [1.165, 1.54) is 23.5 Å². The van der Waals surface area contributed by atoms with Crippen LogP contribution in [0.5, 0.6) is 0 Å². The number of amides is 1. The van der Waals surface area contributed by atoms with E-state index in [9.17, 15) is 18.0 Å². The molecule has 0 atom stereocenters. The first-order valence-electron chi connectivity index (χ1n) is 8.92. The molecule has 2 aromatic carbocycles. The molecule has 0 aliphatic rings. The number of thiazole rings is 1. The van der Waals surface area contributed by atoms with Crippen LogP contribution < -0.4 is 9.52 Å². The topological polar surface area (TPSA) is 107 Å². The van der Waals surface area contributed by atoms with E-state index >= 15 is 0 Å². The highest BCUT2D eigenvalue weighted by Crippen LogP contribution is 2.18. The summed E-state index contributed by atoms with van der Waals surface area (Å²) in [6.07, 6.45) is 2.75. The summed E-state index contributed by atoms with van der Waals surface area (Å²) in [4.78, 5) is 29.0. The lowest BCUT2D eigenvalue weighted by Crippen LogP contribution is -2.20. The van der Waals surface area contributed by atoms with Gasteiger partial charge < -0.3 is 9.30 Å². The number of ether oxygens (including phenoxy) is 1. The van der Waals surface area contributed by atoms with Gasteiger partial charge in [0.15, 0.2) is 11.4 Å². The molecular formula is C20H18ClN3O5S2. The maximum atomic E-state index is 12.3. The van der Waals surface area contributed by atoms with Crippen LogP contribution in [0, 0.1) is 0 Å². The maximum absolute atomic E-state index is 12.3. The predicted molar refractivity (Wildman–Crippen MR) is 119 cm³/mol. The number of hydrogen-bond acceptors (Lipinski definition) is 6. The van der Waals surface area contributed by atoms with Crippen molar-refractivity contribution in [3.8, 4) is 0 Å². The average molecular weight is 480 g/mol. The number of hydrogen-bond donors (Lipinski definition) is 1. The number of carbonyl (C=O) groups is 2. The molecule has 0 unspecified atom stereocenters. The summed E-state index contributed by atoms with van der Waals surface area (Å²) in [5, 5.41) is 2.39. The number of benzene rings is 2. The third-order valence-electron chi connectivity index (χ3n) is 3.95. The van der Waals surface area contributed by atoms with Gasteiger partial charge in [-0.2, -0.15) is 4.99 Å². The fourth-order valence-electron chi connectivity index (χ4n) is 2.61. The first-order chi connectivity index (χ1) is 14.7. The molecule has 0 aliphatic heterocycles. The Morgan fingerprint density at radius 2 is 1.87 bits per heavy atom. The minimum atomic E-state index is -3.59. The largest absolute Gasteiger partial charge is 0.452 e. The van der Waals surface area contributed by atoms with Crippen LogP contribution in [-0.4, -0.2) is 37.7 Å². The fraction of sp³-hybridized carbons (Fsp3) is 0.150. The summed E-state index contributed by atoms with van der Waals surface area (Å²) in [5.41, 5.74) is 0.929. The van der Waals surface area contributed by atoms with E-state index in [-0.39, 0.29) is 11.3 Å². The summed E-state index contributed by atoms with van der Waals surface area (Å²) < 4.78 is 32.0. The highest BCUT2D eigenvalue weighted by Gasteiger charge is 2.16. The molecular weight excluding hydrogens is 462 g/mol. The van der Waals surface area contributed by atoms with Gasteiger partial charge in [0, 0.05) is 16.6 Å². The molecule has 0 aliphatic carbocycles. The maximum Gasteiger partial charge on any atom is 0.340 e. The van der Waals surface area contributed by atoms with Crippen molar-refractivity contribution >= 4 is 50.5 Å². The molecule has 1 aromatic heterocycles. The van der Waals surface area contributed by atoms with Crippen molar-refractivity contribution in [2.45, 2.75) is 6.54 Å². The van der Waals surface area contributed by atoms with Crippen molar-refractivity contribution in [3.05, 3.63) is 81.1 Å². The van der Waals surface area contributed by atoms with Gasteiger partial charge in [0.1, 0.15) is 0 Å². The van der Waals surface area contributed by atoms with Crippen LogP contribution in [0.15, 0.2) is 65.1 Å². The van der Waals surface area contributed by atoms with Gasteiger partial charge in [0.05, 0.1) is 24.1 Å². The van der Waals surface area contributed by atoms with Gasteiger partial charge in [0.2, 0.25) is 10.0 Å². The quantitative estimate of drug-likeness (QED) is 0.524. The monoisotopic (exact) mass is 479 g/mol. The van der Waals surface area contributed by atoms with Crippen LogP contribution >= 0.6 is 22.9 Å².